The Kier molecular flexibility index (Phi) is 4.79. The van der Waals surface area contributed by atoms with Crippen molar-refractivity contribution in [2.24, 2.45) is 0 Å². The normalized spacial score (nSPS) is 20.4. The highest BCUT2D eigenvalue weighted by Crippen LogP contribution is 2.37. The summed E-state index contributed by atoms with van der Waals surface area (Å²) in [5.74, 6) is 2.10. The molecule has 2 aliphatic heterocycles. The second-order valence-electron chi connectivity index (χ2n) is 8.06. The van der Waals surface area contributed by atoms with Gasteiger partial charge in [-0.1, -0.05) is 18.2 Å². The summed E-state index contributed by atoms with van der Waals surface area (Å²) in [7, 11) is -1.43. The average molecular weight is 442 g/mol. The third-order valence-corrected chi connectivity index (χ3v) is 7.89. The van der Waals surface area contributed by atoms with Gasteiger partial charge in [0, 0.05) is 18.2 Å². The van der Waals surface area contributed by atoms with Crippen molar-refractivity contribution in [3.05, 3.63) is 57.9 Å². The van der Waals surface area contributed by atoms with Crippen LogP contribution in [-0.4, -0.2) is 44.7 Å². The molecule has 31 heavy (non-hydrogen) atoms. The topological polar surface area (TPSA) is 86.1 Å². The molecule has 0 spiro atoms. The molecule has 0 amide bonds. The van der Waals surface area contributed by atoms with Crippen LogP contribution in [0.25, 0.3) is 22.1 Å². The molecule has 0 saturated carbocycles. The van der Waals surface area contributed by atoms with E-state index in [0.717, 1.165) is 5.56 Å². The SMILES string of the molecule is COc1ccccc1-c1c(C)oc2c3c(ccc2c1=O)OCN(C1CCS(=O)(=O)C1)C3. The summed E-state index contributed by atoms with van der Waals surface area (Å²) in [6.45, 7) is 2.57. The van der Waals surface area contributed by atoms with E-state index in [0.29, 0.717) is 59.1 Å². The van der Waals surface area contributed by atoms with Gasteiger partial charge in [0.1, 0.15) is 29.6 Å². The van der Waals surface area contributed by atoms with Crippen molar-refractivity contribution >= 4 is 20.8 Å². The van der Waals surface area contributed by atoms with Gasteiger partial charge in [-0.3, -0.25) is 9.69 Å². The average Bonchev–Trinajstić information content (AvgIpc) is 3.13. The van der Waals surface area contributed by atoms with E-state index < -0.39 is 9.84 Å². The number of para-hydroxylation sites is 1. The molecule has 1 atom stereocenters. The number of benzene rings is 2. The first kappa shape index (κ1) is 20.1. The second-order valence-corrected chi connectivity index (χ2v) is 10.3. The lowest BCUT2D eigenvalue weighted by Crippen LogP contribution is -2.41. The van der Waals surface area contributed by atoms with Crippen molar-refractivity contribution in [2.45, 2.75) is 25.9 Å². The molecule has 7 nitrogen and oxygen atoms in total. The molecular formula is C23H23NO6S. The van der Waals surface area contributed by atoms with Gasteiger partial charge >= 0.3 is 0 Å². The van der Waals surface area contributed by atoms with Crippen LogP contribution in [-0.2, 0) is 16.4 Å². The Bertz CT molecular complexity index is 1340. The summed E-state index contributed by atoms with van der Waals surface area (Å²) in [6.07, 6.45) is 0.590. The van der Waals surface area contributed by atoms with Gasteiger partial charge in [-0.05, 0) is 31.5 Å². The fraction of sp³-hybridized carbons (Fsp3) is 0.348. The summed E-state index contributed by atoms with van der Waals surface area (Å²) < 4.78 is 41.4. The Morgan fingerprint density at radius 2 is 1.97 bits per heavy atom. The number of nitrogens with zero attached hydrogens (tertiary/aromatic N) is 1. The first-order valence-corrected chi connectivity index (χ1v) is 12.0. The van der Waals surface area contributed by atoms with Gasteiger partial charge in [0.15, 0.2) is 9.84 Å². The lowest BCUT2D eigenvalue weighted by atomic mass is 9.99. The monoisotopic (exact) mass is 441 g/mol. The lowest BCUT2D eigenvalue weighted by molar-refractivity contribution is 0.0649. The third-order valence-electron chi connectivity index (χ3n) is 6.14. The van der Waals surface area contributed by atoms with Crippen molar-refractivity contribution in [3.63, 3.8) is 0 Å². The first-order chi connectivity index (χ1) is 14.9. The standard InChI is InChI=1S/C23H23NO6S/c1-14-21(16-5-3-4-6-19(16)28-2)22(25)17-7-8-20-18(23(17)30-14)11-24(13-29-20)15-9-10-31(26,27)12-15/h3-8,15H,9-13H2,1-2H3. The number of rotatable bonds is 3. The van der Waals surface area contributed by atoms with Crippen LogP contribution in [0.5, 0.6) is 11.5 Å². The maximum atomic E-state index is 13.5. The summed E-state index contributed by atoms with van der Waals surface area (Å²) in [5, 5.41) is 0.467. The Balaban J connectivity index is 1.62. The maximum absolute atomic E-state index is 13.5. The number of hydrogen-bond donors (Lipinski definition) is 0. The molecule has 1 saturated heterocycles. The van der Waals surface area contributed by atoms with Crippen molar-refractivity contribution in [3.8, 4) is 22.6 Å². The second kappa shape index (κ2) is 7.39. The number of ether oxygens (including phenoxy) is 2. The Hall–Kier alpha value is -2.84. The first-order valence-electron chi connectivity index (χ1n) is 10.2. The predicted octanol–water partition coefficient (Wildman–Crippen LogP) is 3.12. The van der Waals surface area contributed by atoms with Crippen LogP contribution in [0.15, 0.2) is 45.6 Å². The van der Waals surface area contributed by atoms with E-state index in [1.54, 1.807) is 26.2 Å². The molecule has 0 aliphatic carbocycles. The van der Waals surface area contributed by atoms with Gasteiger partial charge in [-0.2, -0.15) is 0 Å². The zero-order chi connectivity index (χ0) is 21.8. The summed E-state index contributed by atoms with van der Waals surface area (Å²) in [6, 6.07) is 10.8. The number of methoxy groups -OCH3 is 1. The predicted molar refractivity (Wildman–Crippen MR) is 117 cm³/mol. The molecule has 1 aromatic heterocycles. The van der Waals surface area contributed by atoms with Crippen LogP contribution in [0.2, 0.25) is 0 Å². The highest BCUT2D eigenvalue weighted by molar-refractivity contribution is 7.91. The molecule has 1 fully saturated rings. The zero-order valence-corrected chi connectivity index (χ0v) is 18.2. The Morgan fingerprint density at radius 1 is 1.16 bits per heavy atom. The molecule has 0 radical (unpaired) electrons. The summed E-state index contributed by atoms with van der Waals surface area (Å²) in [5.41, 5.74) is 2.29. The molecule has 8 heteroatoms. The molecule has 3 aromatic rings. The summed E-state index contributed by atoms with van der Waals surface area (Å²) >= 11 is 0. The minimum absolute atomic E-state index is 0.0888. The minimum Gasteiger partial charge on any atom is -0.496 e. The molecule has 2 aromatic carbocycles. The smallest absolute Gasteiger partial charge is 0.200 e. The molecule has 2 aliphatic rings. The third kappa shape index (κ3) is 3.40. The largest absolute Gasteiger partial charge is 0.496 e. The van der Waals surface area contributed by atoms with Gasteiger partial charge in [0.05, 0.1) is 35.1 Å². The fourth-order valence-corrected chi connectivity index (χ4v) is 6.31. The van der Waals surface area contributed by atoms with Crippen LogP contribution >= 0.6 is 0 Å². The van der Waals surface area contributed by atoms with E-state index in [9.17, 15) is 13.2 Å². The number of hydrogen-bond acceptors (Lipinski definition) is 7. The molecule has 1 unspecified atom stereocenters. The Morgan fingerprint density at radius 3 is 2.71 bits per heavy atom. The van der Waals surface area contributed by atoms with Gasteiger partial charge in [-0.25, -0.2) is 8.42 Å². The van der Waals surface area contributed by atoms with E-state index in [1.165, 1.54) is 0 Å². The quantitative estimate of drug-likeness (QED) is 0.617. The van der Waals surface area contributed by atoms with Gasteiger partial charge in [0.25, 0.3) is 0 Å². The zero-order valence-electron chi connectivity index (χ0n) is 17.4. The molecule has 0 bridgehead atoms. The van der Waals surface area contributed by atoms with Crippen molar-refractivity contribution in [1.82, 2.24) is 4.90 Å². The molecule has 0 N–H and O–H groups in total. The molecule has 162 valence electrons. The lowest BCUT2D eigenvalue weighted by Gasteiger charge is -2.33. The summed E-state index contributed by atoms with van der Waals surface area (Å²) in [4.78, 5) is 15.5. The van der Waals surface area contributed by atoms with Gasteiger partial charge < -0.3 is 13.9 Å². The number of sulfone groups is 1. The van der Waals surface area contributed by atoms with E-state index >= 15 is 0 Å². The van der Waals surface area contributed by atoms with Crippen LogP contribution in [0, 0.1) is 6.92 Å². The van der Waals surface area contributed by atoms with Crippen LogP contribution < -0.4 is 14.9 Å². The minimum atomic E-state index is -3.00. The molecular weight excluding hydrogens is 418 g/mol. The Labute approximate surface area is 180 Å². The van der Waals surface area contributed by atoms with Crippen molar-refractivity contribution in [2.75, 3.05) is 25.3 Å². The van der Waals surface area contributed by atoms with Crippen molar-refractivity contribution in [1.29, 1.82) is 0 Å². The highest BCUT2D eigenvalue weighted by atomic mass is 32.2. The number of aryl methyl sites for hydroxylation is 1. The van der Waals surface area contributed by atoms with Gasteiger partial charge in [-0.15, -0.1) is 0 Å². The van der Waals surface area contributed by atoms with E-state index in [2.05, 4.69) is 0 Å². The highest BCUT2D eigenvalue weighted by Gasteiger charge is 2.35. The van der Waals surface area contributed by atoms with Crippen molar-refractivity contribution < 1.29 is 22.3 Å². The van der Waals surface area contributed by atoms with E-state index in [4.69, 9.17) is 13.9 Å². The van der Waals surface area contributed by atoms with Crippen LogP contribution in [0.3, 0.4) is 0 Å². The number of fused-ring (bicyclic) bond motifs is 3. The van der Waals surface area contributed by atoms with E-state index in [1.807, 2.05) is 29.2 Å². The molecule has 5 rings (SSSR count). The fourth-order valence-electron chi connectivity index (χ4n) is 4.55. The maximum Gasteiger partial charge on any atom is 0.200 e. The molecule has 3 heterocycles. The van der Waals surface area contributed by atoms with Gasteiger partial charge in [0.2, 0.25) is 5.43 Å². The van der Waals surface area contributed by atoms with Crippen LogP contribution in [0.1, 0.15) is 17.7 Å². The van der Waals surface area contributed by atoms with Crippen LogP contribution in [0.4, 0.5) is 0 Å². The van der Waals surface area contributed by atoms with E-state index in [-0.39, 0.29) is 23.0 Å².